The van der Waals surface area contributed by atoms with Gasteiger partial charge in [0.25, 0.3) is 0 Å². The Balaban J connectivity index is 2.06. The zero-order valence-electron chi connectivity index (χ0n) is 12.2. The molecule has 1 amide bonds. The molecule has 0 radical (unpaired) electrons. The number of carbonyl (C=O) groups excluding carboxylic acids is 1. The normalized spacial score (nSPS) is 17.6. The molecule has 1 aliphatic rings. The number of ether oxygens (including phenoxy) is 1. The van der Waals surface area contributed by atoms with Gasteiger partial charge in [-0.25, -0.2) is 13.1 Å². The predicted octanol–water partition coefficient (Wildman–Crippen LogP) is 1.45. The van der Waals surface area contributed by atoms with Crippen LogP contribution in [0, 0.1) is 0 Å². The standard InChI is InChI=1S/C14H20N2O4S/c1-3-20-8-4-7-15-21(18,19)11-5-6-13-12(9-11)10(2)14(17)16-13/h5-6,9-10,15H,3-4,7-8H2,1-2H3,(H,16,17)/t10-/m0/s1. The predicted molar refractivity (Wildman–Crippen MR) is 79.8 cm³/mol. The van der Waals surface area contributed by atoms with Crippen molar-refractivity contribution in [2.24, 2.45) is 0 Å². The SMILES string of the molecule is CCOCCCNS(=O)(=O)c1ccc2c(c1)[C@H](C)C(=O)N2. The van der Waals surface area contributed by atoms with Crippen molar-refractivity contribution >= 4 is 21.6 Å². The maximum Gasteiger partial charge on any atom is 0.240 e. The van der Waals surface area contributed by atoms with Gasteiger partial charge in [0.05, 0.1) is 10.8 Å². The van der Waals surface area contributed by atoms with Crippen molar-refractivity contribution in [1.82, 2.24) is 4.72 Å². The highest BCUT2D eigenvalue weighted by atomic mass is 32.2. The van der Waals surface area contributed by atoms with E-state index in [1.165, 1.54) is 6.07 Å². The molecule has 116 valence electrons. The topological polar surface area (TPSA) is 84.5 Å². The fourth-order valence-corrected chi connectivity index (χ4v) is 3.28. The lowest BCUT2D eigenvalue weighted by Gasteiger charge is -2.09. The third-order valence-corrected chi connectivity index (χ3v) is 4.87. The first-order valence-electron chi connectivity index (χ1n) is 6.98. The maximum absolute atomic E-state index is 12.2. The number of hydrogen-bond acceptors (Lipinski definition) is 4. The summed E-state index contributed by atoms with van der Waals surface area (Å²) >= 11 is 0. The quantitative estimate of drug-likeness (QED) is 0.746. The van der Waals surface area contributed by atoms with Gasteiger partial charge in [0.15, 0.2) is 0 Å². The molecule has 21 heavy (non-hydrogen) atoms. The van der Waals surface area contributed by atoms with Gasteiger partial charge in [-0.1, -0.05) is 0 Å². The largest absolute Gasteiger partial charge is 0.382 e. The second-order valence-corrected chi connectivity index (χ2v) is 6.68. The van der Waals surface area contributed by atoms with Crippen LogP contribution in [0.4, 0.5) is 5.69 Å². The highest BCUT2D eigenvalue weighted by Gasteiger charge is 2.28. The van der Waals surface area contributed by atoms with Gasteiger partial charge < -0.3 is 10.1 Å². The van der Waals surface area contributed by atoms with E-state index in [2.05, 4.69) is 10.0 Å². The minimum Gasteiger partial charge on any atom is -0.382 e. The van der Waals surface area contributed by atoms with Crippen molar-refractivity contribution in [2.75, 3.05) is 25.1 Å². The fraction of sp³-hybridized carbons (Fsp3) is 0.500. The molecule has 0 unspecified atom stereocenters. The monoisotopic (exact) mass is 312 g/mol. The first-order valence-corrected chi connectivity index (χ1v) is 8.46. The zero-order valence-corrected chi connectivity index (χ0v) is 13.0. The summed E-state index contributed by atoms with van der Waals surface area (Å²) in [6.45, 7) is 5.12. The molecule has 1 aromatic carbocycles. The molecule has 0 saturated carbocycles. The van der Waals surface area contributed by atoms with E-state index >= 15 is 0 Å². The van der Waals surface area contributed by atoms with Crippen LogP contribution in [0.5, 0.6) is 0 Å². The Hall–Kier alpha value is -1.44. The van der Waals surface area contributed by atoms with E-state index in [-0.39, 0.29) is 16.7 Å². The van der Waals surface area contributed by atoms with Crippen LogP contribution >= 0.6 is 0 Å². The van der Waals surface area contributed by atoms with E-state index in [0.717, 1.165) is 5.56 Å². The fourth-order valence-electron chi connectivity index (χ4n) is 2.17. The van der Waals surface area contributed by atoms with Crippen molar-refractivity contribution in [3.05, 3.63) is 23.8 Å². The molecule has 1 aromatic rings. The average Bonchev–Trinajstić information content (AvgIpc) is 2.73. The summed E-state index contributed by atoms with van der Waals surface area (Å²) in [6.07, 6.45) is 0.619. The van der Waals surface area contributed by atoms with Gasteiger partial charge in [0.1, 0.15) is 0 Å². The van der Waals surface area contributed by atoms with Crippen molar-refractivity contribution < 1.29 is 17.9 Å². The van der Waals surface area contributed by atoms with E-state index in [9.17, 15) is 13.2 Å². The number of anilines is 1. The third-order valence-electron chi connectivity index (χ3n) is 3.41. The molecule has 0 bridgehead atoms. The molecule has 0 aromatic heterocycles. The maximum atomic E-state index is 12.2. The van der Waals surface area contributed by atoms with E-state index in [1.54, 1.807) is 19.1 Å². The Bertz CT molecular complexity index is 628. The summed E-state index contributed by atoms with van der Waals surface area (Å²) in [6, 6.07) is 4.69. The van der Waals surface area contributed by atoms with Crippen LogP contribution in [-0.4, -0.2) is 34.1 Å². The summed E-state index contributed by atoms with van der Waals surface area (Å²) in [5.74, 6) is -0.433. The van der Waals surface area contributed by atoms with Gasteiger partial charge in [0.2, 0.25) is 15.9 Å². The number of benzene rings is 1. The first kappa shape index (κ1) is 15.9. The lowest BCUT2D eigenvalue weighted by atomic mass is 10.0. The highest BCUT2D eigenvalue weighted by Crippen LogP contribution is 2.33. The second kappa shape index (κ2) is 6.55. The summed E-state index contributed by atoms with van der Waals surface area (Å²) in [5.41, 5.74) is 1.40. The van der Waals surface area contributed by atoms with Gasteiger partial charge >= 0.3 is 0 Å². The second-order valence-electron chi connectivity index (χ2n) is 4.91. The van der Waals surface area contributed by atoms with Crippen molar-refractivity contribution in [1.29, 1.82) is 0 Å². The van der Waals surface area contributed by atoms with Crippen LogP contribution in [0.2, 0.25) is 0 Å². The molecular weight excluding hydrogens is 292 g/mol. The van der Waals surface area contributed by atoms with Gasteiger partial charge in [-0.15, -0.1) is 0 Å². The van der Waals surface area contributed by atoms with Crippen molar-refractivity contribution in [3.8, 4) is 0 Å². The molecule has 2 rings (SSSR count). The summed E-state index contributed by atoms with van der Waals surface area (Å²) in [7, 11) is -3.55. The van der Waals surface area contributed by atoms with Gasteiger partial charge in [-0.2, -0.15) is 0 Å². The Kier molecular flexibility index (Phi) is 4.97. The molecule has 0 saturated heterocycles. The number of carbonyl (C=O) groups is 1. The van der Waals surface area contributed by atoms with Crippen LogP contribution in [0.1, 0.15) is 31.7 Å². The number of nitrogens with one attached hydrogen (secondary N) is 2. The molecule has 1 heterocycles. The number of amides is 1. The minimum atomic E-state index is -3.55. The van der Waals surface area contributed by atoms with Crippen LogP contribution in [-0.2, 0) is 19.6 Å². The molecule has 0 fully saturated rings. The first-order chi connectivity index (χ1) is 9.95. The van der Waals surface area contributed by atoms with Crippen molar-refractivity contribution in [2.45, 2.75) is 31.1 Å². The lowest BCUT2D eigenvalue weighted by Crippen LogP contribution is -2.25. The van der Waals surface area contributed by atoms with E-state index in [0.29, 0.717) is 31.9 Å². The van der Waals surface area contributed by atoms with Crippen LogP contribution in [0.25, 0.3) is 0 Å². The molecule has 0 spiro atoms. The molecule has 6 nitrogen and oxygen atoms in total. The van der Waals surface area contributed by atoms with Crippen LogP contribution in [0.15, 0.2) is 23.1 Å². The zero-order chi connectivity index (χ0) is 15.5. The molecule has 1 atom stereocenters. The summed E-state index contributed by atoms with van der Waals surface area (Å²) in [5, 5.41) is 2.72. The van der Waals surface area contributed by atoms with Gasteiger partial charge in [0, 0.05) is 25.4 Å². The Morgan fingerprint density at radius 2 is 2.14 bits per heavy atom. The third kappa shape index (κ3) is 3.61. The number of hydrogen-bond donors (Lipinski definition) is 2. The van der Waals surface area contributed by atoms with E-state index in [4.69, 9.17) is 4.74 Å². The van der Waals surface area contributed by atoms with Crippen LogP contribution in [0.3, 0.4) is 0 Å². The number of sulfonamides is 1. The van der Waals surface area contributed by atoms with Crippen LogP contribution < -0.4 is 10.0 Å². The Morgan fingerprint density at radius 3 is 2.86 bits per heavy atom. The average molecular weight is 312 g/mol. The van der Waals surface area contributed by atoms with Gasteiger partial charge in [-0.3, -0.25) is 4.79 Å². The molecule has 7 heteroatoms. The summed E-state index contributed by atoms with van der Waals surface area (Å²) < 4.78 is 32.1. The van der Waals surface area contributed by atoms with E-state index < -0.39 is 10.0 Å². The molecule has 0 aliphatic carbocycles. The minimum absolute atomic E-state index is 0.107. The highest BCUT2D eigenvalue weighted by molar-refractivity contribution is 7.89. The van der Waals surface area contributed by atoms with E-state index in [1.807, 2.05) is 6.92 Å². The van der Waals surface area contributed by atoms with Crippen molar-refractivity contribution in [3.63, 3.8) is 0 Å². The number of fused-ring (bicyclic) bond motifs is 1. The Morgan fingerprint density at radius 1 is 1.38 bits per heavy atom. The van der Waals surface area contributed by atoms with Gasteiger partial charge in [-0.05, 0) is 44.0 Å². The molecular formula is C14H20N2O4S. The smallest absolute Gasteiger partial charge is 0.240 e. The molecule has 2 N–H and O–H groups in total. The molecule has 1 aliphatic heterocycles. The Labute approximate surface area is 124 Å². The lowest BCUT2D eigenvalue weighted by molar-refractivity contribution is -0.116. The number of rotatable bonds is 7. The summed E-state index contributed by atoms with van der Waals surface area (Å²) in [4.78, 5) is 11.8.